The van der Waals surface area contributed by atoms with Gasteiger partial charge in [-0.15, -0.1) is 0 Å². The summed E-state index contributed by atoms with van der Waals surface area (Å²) in [7, 11) is 0. The lowest BCUT2D eigenvalue weighted by Crippen LogP contribution is -2.49. The molecule has 3 heterocycles. The van der Waals surface area contributed by atoms with Crippen molar-refractivity contribution in [3.8, 4) is 11.3 Å². The largest absolute Gasteiger partial charge is 0.439 e. The molecule has 5 rings (SSSR count). The van der Waals surface area contributed by atoms with Crippen LogP contribution in [-0.2, 0) is 4.74 Å². The van der Waals surface area contributed by atoms with Crippen molar-refractivity contribution in [2.24, 2.45) is 0 Å². The minimum absolute atomic E-state index is 0.0439. The molecule has 2 aliphatic rings. The van der Waals surface area contributed by atoms with Gasteiger partial charge in [0, 0.05) is 24.7 Å². The topological polar surface area (TPSA) is 75.9 Å². The molecule has 0 aliphatic carbocycles. The molecular weight excluding hydrogens is 418 g/mol. The molecule has 33 heavy (non-hydrogen) atoms. The van der Waals surface area contributed by atoms with Gasteiger partial charge in [0.2, 0.25) is 0 Å². The Morgan fingerprint density at radius 1 is 1.00 bits per heavy atom. The fraction of sp³-hybridized carbons (Fsp3) is 0.346. The van der Waals surface area contributed by atoms with E-state index in [1.807, 2.05) is 77.4 Å². The lowest BCUT2D eigenvalue weighted by atomic mass is 9.97. The maximum Gasteiger partial charge on any atom is 0.411 e. The molecule has 7 nitrogen and oxygen atoms in total. The van der Waals surface area contributed by atoms with Crippen LogP contribution < -0.4 is 0 Å². The van der Waals surface area contributed by atoms with Crippen molar-refractivity contribution >= 4 is 12.0 Å². The van der Waals surface area contributed by atoms with Crippen molar-refractivity contribution in [1.29, 1.82) is 0 Å². The first-order chi connectivity index (χ1) is 16.0. The van der Waals surface area contributed by atoms with E-state index in [0.29, 0.717) is 42.9 Å². The van der Waals surface area contributed by atoms with Gasteiger partial charge < -0.3 is 14.2 Å². The Morgan fingerprint density at radius 3 is 2.30 bits per heavy atom. The van der Waals surface area contributed by atoms with E-state index in [-0.39, 0.29) is 30.2 Å². The van der Waals surface area contributed by atoms with E-state index in [9.17, 15) is 9.59 Å². The van der Waals surface area contributed by atoms with Crippen LogP contribution in [0.1, 0.15) is 47.6 Å². The van der Waals surface area contributed by atoms with Gasteiger partial charge in [0.15, 0.2) is 0 Å². The predicted molar refractivity (Wildman–Crippen MR) is 123 cm³/mol. The molecule has 3 aromatic rings. The van der Waals surface area contributed by atoms with Crippen molar-refractivity contribution in [2.75, 3.05) is 13.1 Å². The second kappa shape index (κ2) is 8.73. The first-order valence-corrected chi connectivity index (χ1v) is 11.4. The average Bonchev–Trinajstić information content (AvgIpc) is 3.38. The smallest absolute Gasteiger partial charge is 0.411 e. The maximum atomic E-state index is 13.4. The zero-order chi connectivity index (χ0) is 22.9. The standard InChI is InChI=1S/C26H27N3O4/c1-17-24(20-11-7-4-8-12-20)32-26(31)29(17)21-13-15-28(16-14-21)25(30)22-18(2)33-27-23(22)19-9-5-3-6-10-19/h3-12,17,21,24H,13-16H2,1-2H3. The third kappa shape index (κ3) is 3.88. The number of carbonyl (C=O) groups is 2. The Bertz CT molecular complexity index is 1140. The van der Waals surface area contributed by atoms with E-state index in [0.717, 1.165) is 11.1 Å². The number of hydrogen-bond donors (Lipinski definition) is 0. The van der Waals surface area contributed by atoms with Crippen LogP contribution in [0.5, 0.6) is 0 Å². The van der Waals surface area contributed by atoms with Crippen LogP contribution >= 0.6 is 0 Å². The van der Waals surface area contributed by atoms with Crippen molar-refractivity contribution in [1.82, 2.24) is 15.0 Å². The maximum absolute atomic E-state index is 13.4. The molecular formula is C26H27N3O4. The highest BCUT2D eigenvalue weighted by atomic mass is 16.6. The highest BCUT2D eigenvalue weighted by Crippen LogP contribution is 2.36. The van der Waals surface area contributed by atoms with Gasteiger partial charge in [0.25, 0.3) is 5.91 Å². The molecule has 0 radical (unpaired) electrons. The fourth-order valence-electron chi connectivity index (χ4n) is 4.97. The number of amides is 2. The van der Waals surface area contributed by atoms with E-state index >= 15 is 0 Å². The quantitative estimate of drug-likeness (QED) is 0.575. The van der Waals surface area contributed by atoms with Crippen molar-refractivity contribution in [3.63, 3.8) is 0 Å². The second-order valence-corrected chi connectivity index (χ2v) is 8.71. The Labute approximate surface area is 192 Å². The molecule has 2 amide bonds. The number of rotatable bonds is 4. The monoisotopic (exact) mass is 445 g/mol. The number of cyclic esters (lactones) is 1. The Kier molecular flexibility index (Phi) is 5.62. The molecule has 0 spiro atoms. The molecule has 2 aromatic carbocycles. The second-order valence-electron chi connectivity index (χ2n) is 8.71. The Hall–Kier alpha value is -3.61. The molecule has 0 saturated carbocycles. The highest BCUT2D eigenvalue weighted by molar-refractivity contribution is 6.00. The van der Waals surface area contributed by atoms with E-state index in [2.05, 4.69) is 5.16 Å². The third-order valence-corrected chi connectivity index (χ3v) is 6.71. The predicted octanol–water partition coefficient (Wildman–Crippen LogP) is 4.84. The van der Waals surface area contributed by atoms with Gasteiger partial charge in [0.1, 0.15) is 23.1 Å². The first-order valence-electron chi connectivity index (χ1n) is 11.4. The summed E-state index contributed by atoms with van der Waals surface area (Å²) in [6.45, 7) is 4.93. The van der Waals surface area contributed by atoms with E-state index in [1.165, 1.54) is 0 Å². The van der Waals surface area contributed by atoms with Crippen LogP contribution in [0.2, 0.25) is 0 Å². The van der Waals surface area contributed by atoms with Crippen LogP contribution in [0.25, 0.3) is 11.3 Å². The molecule has 2 unspecified atom stereocenters. The van der Waals surface area contributed by atoms with Gasteiger partial charge in [-0.2, -0.15) is 0 Å². The average molecular weight is 446 g/mol. The molecule has 0 bridgehead atoms. The summed E-state index contributed by atoms with van der Waals surface area (Å²) in [6, 6.07) is 19.4. The van der Waals surface area contributed by atoms with Gasteiger partial charge in [-0.3, -0.25) is 9.69 Å². The molecule has 7 heteroatoms. The molecule has 2 atom stereocenters. The van der Waals surface area contributed by atoms with Gasteiger partial charge >= 0.3 is 6.09 Å². The summed E-state index contributed by atoms with van der Waals surface area (Å²) in [5.41, 5.74) is 2.94. The van der Waals surface area contributed by atoms with Gasteiger partial charge in [-0.1, -0.05) is 65.8 Å². The van der Waals surface area contributed by atoms with Crippen LogP contribution in [-0.4, -0.2) is 52.1 Å². The zero-order valence-electron chi connectivity index (χ0n) is 18.8. The first kappa shape index (κ1) is 21.2. The van der Waals surface area contributed by atoms with Crippen molar-refractivity contribution in [2.45, 2.75) is 44.9 Å². The van der Waals surface area contributed by atoms with E-state index < -0.39 is 0 Å². The summed E-state index contributed by atoms with van der Waals surface area (Å²) in [5.74, 6) is 0.439. The SMILES string of the molecule is Cc1onc(-c2ccccc2)c1C(=O)N1CCC(N2C(=O)OC(c3ccccc3)C2C)CC1. The fourth-order valence-corrected chi connectivity index (χ4v) is 4.97. The van der Waals surface area contributed by atoms with Gasteiger partial charge in [0.05, 0.1) is 6.04 Å². The van der Waals surface area contributed by atoms with Crippen LogP contribution in [0.15, 0.2) is 65.2 Å². The number of aromatic nitrogens is 1. The number of benzene rings is 2. The number of hydrogen-bond acceptors (Lipinski definition) is 5. The van der Waals surface area contributed by atoms with E-state index in [4.69, 9.17) is 9.26 Å². The van der Waals surface area contributed by atoms with Crippen molar-refractivity contribution < 1.29 is 18.8 Å². The molecule has 1 aromatic heterocycles. The van der Waals surface area contributed by atoms with Gasteiger partial charge in [-0.25, -0.2) is 4.79 Å². The molecule has 2 aliphatic heterocycles. The lowest BCUT2D eigenvalue weighted by Gasteiger charge is -2.37. The number of piperidine rings is 1. The lowest BCUT2D eigenvalue weighted by molar-refractivity contribution is 0.0639. The number of ether oxygens (including phenoxy) is 1. The molecule has 170 valence electrons. The number of likely N-dealkylation sites (tertiary alicyclic amines) is 1. The van der Waals surface area contributed by atoms with Crippen molar-refractivity contribution in [3.05, 3.63) is 77.6 Å². The number of aryl methyl sites for hydroxylation is 1. The third-order valence-electron chi connectivity index (χ3n) is 6.71. The van der Waals surface area contributed by atoms with Crippen LogP contribution in [0, 0.1) is 6.92 Å². The minimum Gasteiger partial charge on any atom is -0.439 e. The number of nitrogens with zero attached hydrogens (tertiary/aromatic N) is 3. The molecule has 2 fully saturated rings. The molecule has 2 saturated heterocycles. The Balaban J connectivity index is 1.28. The Morgan fingerprint density at radius 2 is 1.64 bits per heavy atom. The summed E-state index contributed by atoms with van der Waals surface area (Å²) >= 11 is 0. The van der Waals surface area contributed by atoms with Crippen LogP contribution in [0.3, 0.4) is 0 Å². The summed E-state index contributed by atoms with van der Waals surface area (Å²) in [5, 5.41) is 4.14. The minimum atomic E-state index is -0.276. The zero-order valence-corrected chi connectivity index (χ0v) is 18.8. The normalized spacial score (nSPS) is 21.3. The van der Waals surface area contributed by atoms with Crippen LogP contribution in [0.4, 0.5) is 4.79 Å². The highest BCUT2D eigenvalue weighted by Gasteiger charge is 2.44. The summed E-state index contributed by atoms with van der Waals surface area (Å²) < 4.78 is 11.1. The van der Waals surface area contributed by atoms with Gasteiger partial charge in [-0.05, 0) is 32.3 Å². The molecule has 0 N–H and O–H groups in total. The summed E-state index contributed by atoms with van der Waals surface area (Å²) in [4.78, 5) is 29.8. The summed E-state index contributed by atoms with van der Waals surface area (Å²) in [6.07, 6.45) is 0.865. The number of carbonyl (C=O) groups excluding carboxylic acids is 2. The van der Waals surface area contributed by atoms with E-state index in [1.54, 1.807) is 6.92 Å².